The normalized spacial score (nSPS) is 22.0. The van der Waals surface area contributed by atoms with Crippen molar-refractivity contribution in [3.05, 3.63) is 35.9 Å². The first-order chi connectivity index (χ1) is 7.09. The van der Waals surface area contributed by atoms with Crippen LogP contribution in [0.3, 0.4) is 0 Å². The molecule has 0 saturated heterocycles. The van der Waals surface area contributed by atoms with Gasteiger partial charge in [0, 0.05) is 5.92 Å². The Morgan fingerprint density at radius 3 is 2.07 bits per heavy atom. The fourth-order valence-corrected chi connectivity index (χ4v) is 1.91. The van der Waals surface area contributed by atoms with Crippen molar-refractivity contribution >= 4 is 11.9 Å². The molecule has 1 atom stereocenters. The van der Waals surface area contributed by atoms with Gasteiger partial charge in [-0.15, -0.1) is 0 Å². The minimum atomic E-state index is -1.60. The molecule has 2 N–H and O–H groups in total. The number of hydrogen-bond acceptors (Lipinski definition) is 2. The van der Waals surface area contributed by atoms with Crippen LogP contribution in [0.25, 0.3) is 0 Å². The first-order valence-electron chi connectivity index (χ1n) is 4.61. The summed E-state index contributed by atoms with van der Waals surface area (Å²) in [6.45, 7) is 0. The van der Waals surface area contributed by atoms with E-state index in [4.69, 9.17) is 10.2 Å². The molecule has 1 aliphatic carbocycles. The molecule has 0 bridgehead atoms. The van der Waals surface area contributed by atoms with Crippen LogP contribution < -0.4 is 0 Å². The van der Waals surface area contributed by atoms with Crippen molar-refractivity contribution in [2.24, 2.45) is 5.41 Å². The average Bonchev–Trinajstić information content (AvgIpc) is 2.95. The second kappa shape index (κ2) is 3.08. The highest BCUT2D eigenvalue weighted by molar-refractivity contribution is 6.03. The van der Waals surface area contributed by atoms with E-state index < -0.39 is 23.3 Å². The number of hydrogen-bond donors (Lipinski definition) is 2. The molecule has 1 aromatic rings. The van der Waals surface area contributed by atoms with E-state index in [0.717, 1.165) is 5.56 Å². The number of carboxylic acids is 2. The highest BCUT2D eigenvalue weighted by Gasteiger charge is 2.67. The van der Waals surface area contributed by atoms with Gasteiger partial charge in [0.15, 0.2) is 5.41 Å². The van der Waals surface area contributed by atoms with E-state index in [0.29, 0.717) is 0 Å². The first kappa shape index (κ1) is 9.71. The quantitative estimate of drug-likeness (QED) is 0.731. The summed E-state index contributed by atoms with van der Waals surface area (Å²) in [6.07, 6.45) is 0.182. The largest absolute Gasteiger partial charge is 0.480 e. The predicted octanol–water partition coefficient (Wildman–Crippen LogP) is 1.33. The van der Waals surface area contributed by atoms with Gasteiger partial charge in [-0.2, -0.15) is 0 Å². The summed E-state index contributed by atoms with van der Waals surface area (Å²) in [5.74, 6) is -2.89. The zero-order valence-electron chi connectivity index (χ0n) is 7.88. The number of carbonyl (C=O) groups is 2. The number of carboxylic acid groups (broad SMARTS) is 2. The number of rotatable bonds is 3. The van der Waals surface area contributed by atoms with Crippen LogP contribution in [0, 0.1) is 5.41 Å². The van der Waals surface area contributed by atoms with E-state index in [1.54, 1.807) is 24.3 Å². The lowest BCUT2D eigenvalue weighted by Crippen LogP contribution is -2.26. The van der Waals surface area contributed by atoms with Gasteiger partial charge < -0.3 is 10.2 Å². The Kier molecular flexibility index (Phi) is 2.00. The molecule has 15 heavy (non-hydrogen) atoms. The van der Waals surface area contributed by atoms with Crippen molar-refractivity contribution in [3.63, 3.8) is 0 Å². The molecule has 0 radical (unpaired) electrons. The molecule has 0 amide bonds. The molecule has 4 heteroatoms. The molecule has 0 aliphatic heterocycles. The molecule has 1 saturated carbocycles. The summed E-state index contributed by atoms with van der Waals surface area (Å²) in [5.41, 5.74) is -0.816. The average molecular weight is 206 g/mol. The fraction of sp³-hybridized carbons (Fsp3) is 0.273. The van der Waals surface area contributed by atoms with Crippen molar-refractivity contribution in [3.8, 4) is 0 Å². The first-order valence-corrected chi connectivity index (χ1v) is 4.61. The van der Waals surface area contributed by atoms with Gasteiger partial charge in [0.25, 0.3) is 0 Å². The maximum absolute atomic E-state index is 10.9. The maximum atomic E-state index is 10.9. The van der Waals surface area contributed by atoms with E-state index in [2.05, 4.69) is 0 Å². The summed E-state index contributed by atoms with van der Waals surface area (Å²) >= 11 is 0. The second-order valence-electron chi connectivity index (χ2n) is 3.75. The SMILES string of the molecule is O=C(O)C1(C(=O)O)C[C@@H]1c1ccccc1. The van der Waals surface area contributed by atoms with Gasteiger partial charge in [-0.05, 0) is 12.0 Å². The topological polar surface area (TPSA) is 74.6 Å². The van der Waals surface area contributed by atoms with Crippen LogP contribution in [-0.2, 0) is 9.59 Å². The zero-order valence-corrected chi connectivity index (χ0v) is 7.88. The molecule has 0 unspecified atom stereocenters. The molecule has 1 aliphatic rings. The summed E-state index contributed by atoms with van der Waals surface area (Å²) in [5, 5.41) is 17.9. The van der Waals surface area contributed by atoms with Crippen molar-refractivity contribution in [1.82, 2.24) is 0 Å². The molecule has 1 fully saturated rings. The number of aliphatic carboxylic acids is 2. The third-order valence-electron chi connectivity index (χ3n) is 2.93. The van der Waals surface area contributed by atoms with Crippen molar-refractivity contribution in [1.29, 1.82) is 0 Å². The summed E-state index contributed by atoms with van der Waals surface area (Å²) in [6, 6.07) is 8.90. The van der Waals surface area contributed by atoms with Crippen LogP contribution in [-0.4, -0.2) is 22.2 Å². The van der Waals surface area contributed by atoms with Gasteiger partial charge in [-0.1, -0.05) is 30.3 Å². The van der Waals surface area contributed by atoms with E-state index >= 15 is 0 Å². The lowest BCUT2D eigenvalue weighted by Gasteiger charge is -2.06. The molecule has 4 nitrogen and oxygen atoms in total. The molecule has 0 aromatic heterocycles. The van der Waals surface area contributed by atoms with Gasteiger partial charge in [-0.3, -0.25) is 9.59 Å². The third-order valence-corrected chi connectivity index (χ3v) is 2.93. The monoisotopic (exact) mass is 206 g/mol. The van der Waals surface area contributed by atoms with Crippen molar-refractivity contribution in [2.45, 2.75) is 12.3 Å². The molecular weight excluding hydrogens is 196 g/mol. The van der Waals surface area contributed by atoms with E-state index in [9.17, 15) is 9.59 Å². The van der Waals surface area contributed by atoms with Crippen LogP contribution in [0.2, 0.25) is 0 Å². The fourth-order valence-electron chi connectivity index (χ4n) is 1.91. The highest BCUT2D eigenvalue weighted by Crippen LogP contribution is 2.59. The van der Waals surface area contributed by atoms with Crippen LogP contribution in [0.15, 0.2) is 30.3 Å². The van der Waals surface area contributed by atoms with Crippen LogP contribution in [0.1, 0.15) is 17.9 Å². The van der Waals surface area contributed by atoms with Gasteiger partial charge in [0.05, 0.1) is 0 Å². The molecule has 0 heterocycles. The van der Waals surface area contributed by atoms with E-state index in [-0.39, 0.29) is 6.42 Å². The second-order valence-corrected chi connectivity index (χ2v) is 3.75. The molecule has 78 valence electrons. The Morgan fingerprint density at radius 2 is 1.67 bits per heavy atom. The van der Waals surface area contributed by atoms with E-state index in [1.165, 1.54) is 0 Å². The standard InChI is InChI=1S/C11H10O4/c12-9(13)11(10(14)15)6-8(11)7-4-2-1-3-5-7/h1-5,8H,6H2,(H,12,13)(H,14,15)/t8-/m1/s1. The highest BCUT2D eigenvalue weighted by atomic mass is 16.4. The van der Waals surface area contributed by atoms with Crippen molar-refractivity contribution < 1.29 is 19.8 Å². The zero-order chi connectivity index (χ0) is 11.1. The van der Waals surface area contributed by atoms with Crippen molar-refractivity contribution in [2.75, 3.05) is 0 Å². The maximum Gasteiger partial charge on any atom is 0.321 e. The summed E-state index contributed by atoms with van der Waals surface area (Å²) < 4.78 is 0. The lowest BCUT2D eigenvalue weighted by molar-refractivity contribution is -0.157. The Labute approximate surface area is 86.2 Å². The van der Waals surface area contributed by atoms with Gasteiger partial charge in [0.2, 0.25) is 0 Å². The van der Waals surface area contributed by atoms with Gasteiger partial charge >= 0.3 is 11.9 Å². The summed E-state index contributed by atoms with van der Waals surface area (Å²) in [7, 11) is 0. The Morgan fingerprint density at radius 1 is 1.13 bits per heavy atom. The number of benzene rings is 1. The van der Waals surface area contributed by atoms with Crippen LogP contribution in [0.4, 0.5) is 0 Å². The van der Waals surface area contributed by atoms with Gasteiger partial charge in [0.1, 0.15) is 0 Å². The third kappa shape index (κ3) is 1.29. The van der Waals surface area contributed by atoms with Gasteiger partial charge in [-0.25, -0.2) is 0 Å². The smallest absolute Gasteiger partial charge is 0.321 e. The molecular formula is C11H10O4. The Balaban J connectivity index is 2.31. The minimum absolute atomic E-state index is 0.182. The molecule has 1 aromatic carbocycles. The Bertz CT molecular complexity index is 396. The minimum Gasteiger partial charge on any atom is -0.480 e. The van der Waals surface area contributed by atoms with E-state index in [1.807, 2.05) is 6.07 Å². The predicted molar refractivity (Wildman–Crippen MR) is 51.5 cm³/mol. The van der Waals surface area contributed by atoms with Crippen LogP contribution >= 0.6 is 0 Å². The molecule has 2 rings (SSSR count). The lowest BCUT2D eigenvalue weighted by atomic mass is 9.99. The molecule has 0 spiro atoms. The summed E-state index contributed by atoms with van der Waals surface area (Å²) in [4.78, 5) is 21.9. The Hall–Kier alpha value is -1.84. The van der Waals surface area contributed by atoms with Crippen LogP contribution in [0.5, 0.6) is 0 Å².